The molecular weight excluding hydrogens is 348 g/mol. The van der Waals surface area contributed by atoms with Crippen LogP contribution in [0.1, 0.15) is 79.3 Å². The molecule has 0 saturated carbocycles. The quantitative estimate of drug-likeness (QED) is 0.740. The molecule has 0 spiro atoms. The van der Waals surface area contributed by atoms with E-state index in [9.17, 15) is 9.59 Å². The normalized spacial score (nSPS) is 22.0. The number of thiazole rings is 1. The van der Waals surface area contributed by atoms with Gasteiger partial charge in [-0.25, -0.2) is 4.98 Å². The molecule has 0 aliphatic carbocycles. The fourth-order valence-electron chi connectivity index (χ4n) is 2.79. The molecule has 0 bridgehead atoms. The maximum Gasteiger partial charge on any atom is 0.293 e. The van der Waals surface area contributed by atoms with E-state index in [4.69, 9.17) is 0 Å². The SMILES string of the molecule is CC.CC(=O)C1CC(CC(C)C)N[C@H]1c1nccs1.CC(C)(C)OC=O. The smallest absolute Gasteiger partial charge is 0.293 e. The fraction of sp³-hybridized carbons (Fsp3) is 0.750. The van der Waals surface area contributed by atoms with Crippen molar-refractivity contribution in [2.75, 3.05) is 0 Å². The Hall–Kier alpha value is -1.27. The Bertz CT molecular complexity index is 510. The first-order chi connectivity index (χ1) is 12.1. The van der Waals surface area contributed by atoms with Gasteiger partial charge in [0.1, 0.15) is 16.4 Å². The highest BCUT2D eigenvalue weighted by atomic mass is 32.1. The largest absolute Gasteiger partial charge is 0.462 e. The third-order valence-corrected chi connectivity index (χ3v) is 4.61. The summed E-state index contributed by atoms with van der Waals surface area (Å²) in [5.41, 5.74) is -0.318. The third-order valence-electron chi connectivity index (χ3n) is 3.75. The van der Waals surface area contributed by atoms with Gasteiger partial charge in [-0.3, -0.25) is 9.59 Å². The van der Waals surface area contributed by atoms with Gasteiger partial charge in [0, 0.05) is 23.5 Å². The molecule has 5 nitrogen and oxygen atoms in total. The molecule has 3 atom stereocenters. The minimum absolute atomic E-state index is 0.102. The van der Waals surface area contributed by atoms with E-state index >= 15 is 0 Å². The predicted molar refractivity (Wildman–Crippen MR) is 108 cm³/mol. The van der Waals surface area contributed by atoms with Crippen LogP contribution >= 0.6 is 11.3 Å². The second-order valence-electron chi connectivity index (χ2n) is 7.62. The molecule has 1 aliphatic rings. The molecule has 2 heterocycles. The molecule has 2 unspecified atom stereocenters. The summed E-state index contributed by atoms with van der Waals surface area (Å²) in [4.78, 5) is 25.7. The lowest BCUT2D eigenvalue weighted by Gasteiger charge is -2.15. The van der Waals surface area contributed by atoms with Crippen molar-refractivity contribution >= 4 is 23.6 Å². The highest BCUT2D eigenvalue weighted by Gasteiger charge is 2.38. The van der Waals surface area contributed by atoms with Crippen LogP contribution in [0.15, 0.2) is 11.6 Å². The Morgan fingerprint density at radius 1 is 1.42 bits per heavy atom. The number of nitrogens with zero attached hydrogens (tertiary/aromatic N) is 1. The van der Waals surface area contributed by atoms with E-state index in [1.807, 2.05) is 46.2 Å². The van der Waals surface area contributed by atoms with Gasteiger partial charge in [0.2, 0.25) is 0 Å². The first kappa shape index (κ1) is 24.7. The van der Waals surface area contributed by atoms with Crippen molar-refractivity contribution in [3.8, 4) is 0 Å². The summed E-state index contributed by atoms with van der Waals surface area (Å²) in [6.45, 7) is 16.1. The standard InChI is InChI=1S/C13H20N2OS.C5H10O2.C2H6/c1-8(2)6-10-7-11(9(3)16)12(15-10)13-14-4-5-17-13;1-5(2,3)7-4-6;1-2/h4-5,8,10-12,15H,6-7H2,1-3H3;4H,1-3H3;1-2H3/t10?,11?,12-;;/m1../s1. The minimum atomic E-state index is -0.318. The molecule has 1 aromatic rings. The van der Waals surface area contributed by atoms with Crippen molar-refractivity contribution in [2.45, 2.75) is 85.9 Å². The average Bonchev–Trinajstić information content (AvgIpc) is 3.16. The molecule has 1 aromatic heterocycles. The van der Waals surface area contributed by atoms with Crippen LogP contribution in [0.3, 0.4) is 0 Å². The number of carbonyl (C=O) groups is 2. The number of rotatable bonds is 5. The van der Waals surface area contributed by atoms with Gasteiger partial charge in [0.05, 0.1) is 6.04 Å². The van der Waals surface area contributed by atoms with Crippen molar-refractivity contribution in [3.05, 3.63) is 16.6 Å². The Morgan fingerprint density at radius 2 is 2.04 bits per heavy atom. The van der Waals surface area contributed by atoms with Gasteiger partial charge in [-0.1, -0.05) is 27.7 Å². The number of aromatic nitrogens is 1. The third kappa shape index (κ3) is 9.43. The fourth-order valence-corrected chi connectivity index (χ4v) is 3.55. The van der Waals surface area contributed by atoms with Crippen LogP contribution in [0.4, 0.5) is 0 Å². The van der Waals surface area contributed by atoms with Crippen LogP contribution in [-0.4, -0.2) is 28.9 Å². The Labute approximate surface area is 162 Å². The molecule has 1 N–H and O–H groups in total. The molecule has 1 saturated heterocycles. The molecule has 26 heavy (non-hydrogen) atoms. The Morgan fingerprint density at radius 3 is 2.38 bits per heavy atom. The minimum Gasteiger partial charge on any atom is -0.462 e. The number of Topliss-reactive ketones (excluding diaryl/α,β-unsaturated/α-hetero) is 1. The molecule has 1 aliphatic heterocycles. The first-order valence-corrected chi connectivity index (χ1v) is 10.3. The zero-order chi connectivity index (χ0) is 20.3. The van der Waals surface area contributed by atoms with Crippen LogP contribution < -0.4 is 5.32 Å². The van der Waals surface area contributed by atoms with Gasteiger partial charge < -0.3 is 10.1 Å². The van der Waals surface area contributed by atoms with Gasteiger partial charge in [0.25, 0.3) is 6.47 Å². The summed E-state index contributed by atoms with van der Waals surface area (Å²) in [6.07, 6.45) is 3.90. The summed E-state index contributed by atoms with van der Waals surface area (Å²) in [5.74, 6) is 1.05. The van der Waals surface area contributed by atoms with Crippen LogP contribution in [0.2, 0.25) is 0 Å². The molecular formula is C20H36N2O3S. The van der Waals surface area contributed by atoms with Crippen LogP contribution in [0.5, 0.6) is 0 Å². The second kappa shape index (κ2) is 12.2. The molecule has 0 radical (unpaired) electrons. The summed E-state index contributed by atoms with van der Waals surface area (Å²) >= 11 is 1.64. The van der Waals surface area contributed by atoms with Gasteiger partial charge in [-0.15, -0.1) is 11.3 Å². The molecule has 6 heteroatoms. The molecule has 0 aromatic carbocycles. The zero-order valence-corrected chi connectivity index (χ0v) is 18.4. The second-order valence-corrected chi connectivity index (χ2v) is 8.55. The van der Waals surface area contributed by atoms with E-state index in [1.165, 1.54) is 0 Å². The topological polar surface area (TPSA) is 68.3 Å². The van der Waals surface area contributed by atoms with Gasteiger partial charge in [0.15, 0.2) is 0 Å². The summed E-state index contributed by atoms with van der Waals surface area (Å²) in [6, 6.07) is 0.592. The Balaban J connectivity index is 0.000000589. The highest BCUT2D eigenvalue weighted by Crippen LogP contribution is 2.36. The summed E-state index contributed by atoms with van der Waals surface area (Å²) < 4.78 is 4.55. The maximum absolute atomic E-state index is 11.7. The van der Waals surface area contributed by atoms with Crippen molar-refractivity contribution in [2.24, 2.45) is 11.8 Å². The molecule has 150 valence electrons. The van der Waals surface area contributed by atoms with Gasteiger partial charge in [-0.2, -0.15) is 0 Å². The molecule has 1 fully saturated rings. The summed E-state index contributed by atoms with van der Waals surface area (Å²) in [5, 5.41) is 6.61. The van der Waals surface area contributed by atoms with Crippen molar-refractivity contribution < 1.29 is 14.3 Å². The van der Waals surface area contributed by atoms with E-state index < -0.39 is 0 Å². The van der Waals surface area contributed by atoms with Crippen LogP contribution in [-0.2, 0) is 14.3 Å². The van der Waals surface area contributed by atoms with Crippen molar-refractivity contribution in [3.63, 3.8) is 0 Å². The van der Waals surface area contributed by atoms with Crippen LogP contribution in [0.25, 0.3) is 0 Å². The van der Waals surface area contributed by atoms with E-state index in [0.29, 0.717) is 18.4 Å². The van der Waals surface area contributed by atoms with Gasteiger partial charge in [-0.05, 0) is 46.5 Å². The number of hydrogen-bond acceptors (Lipinski definition) is 6. The Kier molecular flexibility index (Phi) is 11.6. The average molecular weight is 385 g/mol. The molecule has 2 rings (SSSR count). The number of ketones is 1. The van der Waals surface area contributed by atoms with E-state index in [-0.39, 0.29) is 23.3 Å². The van der Waals surface area contributed by atoms with Crippen LogP contribution in [0, 0.1) is 11.8 Å². The van der Waals surface area contributed by atoms with E-state index in [0.717, 1.165) is 17.8 Å². The zero-order valence-electron chi connectivity index (χ0n) is 17.5. The highest BCUT2D eigenvalue weighted by molar-refractivity contribution is 7.09. The first-order valence-electron chi connectivity index (χ1n) is 9.41. The lowest BCUT2D eigenvalue weighted by molar-refractivity contribution is -0.138. The number of hydrogen-bond donors (Lipinski definition) is 1. The lowest BCUT2D eigenvalue weighted by atomic mass is 9.93. The number of nitrogens with one attached hydrogen (secondary N) is 1. The van der Waals surface area contributed by atoms with Crippen molar-refractivity contribution in [1.29, 1.82) is 0 Å². The van der Waals surface area contributed by atoms with Crippen molar-refractivity contribution in [1.82, 2.24) is 10.3 Å². The maximum atomic E-state index is 11.7. The van der Waals surface area contributed by atoms with Gasteiger partial charge >= 0.3 is 0 Å². The number of carbonyl (C=O) groups excluding carboxylic acids is 2. The van der Waals surface area contributed by atoms with E-state index in [1.54, 1.807) is 18.3 Å². The monoisotopic (exact) mass is 384 g/mol. The van der Waals surface area contributed by atoms with E-state index in [2.05, 4.69) is 28.9 Å². The summed E-state index contributed by atoms with van der Waals surface area (Å²) in [7, 11) is 0. The molecule has 0 amide bonds. The predicted octanol–water partition coefficient (Wildman–Crippen LogP) is 4.78. The lowest BCUT2D eigenvalue weighted by Crippen LogP contribution is -2.26. The number of ether oxygens (including phenoxy) is 1.